The van der Waals surface area contributed by atoms with Gasteiger partial charge in [-0.3, -0.25) is 13.8 Å². The van der Waals surface area contributed by atoms with Crippen molar-refractivity contribution in [1.29, 1.82) is 0 Å². The predicted octanol–water partition coefficient (Wildman–Crippen LogP) is 0.910. The molecule has 0 saturated carbocycles. The zero-order valence-corrected chi connectivity index (χ0v) is 12.3. The fourth-order valence-electron chi connectivity index (χ4n) is 2.05. The van der Waals surface area contributed by atoms with Crippen LogP contribution in [0.1, 0.15) is 0 Å². The summed E-state index contributed by atoms with van der Waals surface area (Å²) in [7, 11) is -0.517. The SMILES string of the molecule is CNc1nc2ccccn2c1S(=O)(=O)Nc1ccnn1C. The zero-order valence-electron chi connectivity index (χ0n) is 11.5. The Morgan fingerprint density at radius 1 is 1.24 bits per heavy atom. The van der Waals surface area contributed by atoms with E-state index in [0.29, 0.717) is 11.5 Å². The summed E-state index contributed by atoms with van der Waals surface area (Å²) in [5.74, 6) is 0.666. The largest absolute Gasteiger partial charge is 0.371 e. The molecule has 0 aliphatic rings. The highest BCUT2D eigenvalue weighted by Crippen LogP contribution is 2.24. The summed E-state index contributed by atoms with van der Waals surface area (Å²) in [5.41, 5.74) is 0.548. The minimum absolute atomic E-state index is 0.0572. The average Bonchev–Trinajstić information content (AvgIpc) is 3.02. The van der Waals surface area contributed by atoms with E-state index in [4.69, 9.17) is 0 Å². The quantitative estimate of drug-likeness (QED) is 0.747. The maximum Gasteiger partial charge on any atom is 0.282 e. The van der Waals surface area contributed by atoms with Crippen molar-refractivity contribution in [1.82, 2.24) is 19.2 Å². The van der Waals surface area contributed by atoms with Gasteiger partial charge >= 0.3 is 0 Å². The second kappa shape index (κ2) is 4.77. The van der Waals surface area contributed by atoms with Crippen molar-refractivity contribution >= 4 is 27.3 Å². The molecule has 0 fully saturated rings. The van der Waals surface area contributed by atoms with Gasteiger partial charge in [0, 0.05) is 26.4 Å². The lowest BCUT2D eigenvalue weighted by Gasteiger charge is -2.09. The lowest BCUT2D eigenvalue weighted by molar-refractivity contribution is 0.596. The number of aromatic nitrogens is 4. The molecular weight excluding hydrogens is 292 g/mol. The number of imidazole rings is 1. The average molecular weight is 306 g/mol. The molecule has 8 nitrogen and oxygen atoms in total. The molecule has 0 aliphatic heterocycles. The number of fused-ring (bicyclic) bond motifs is 1. The van der Waals surface area contributed by atoms with Crippen molar-refractivity contribution in [3.63, 3.8) is 0 Å². The number of anilines is 2. The Kier molecular flexibility index (Phi) is 3.05. The molecular formula is C12H14N6O2S. The molecule has 0 unspecified atom stereocenters. The summed E-state index contributed by atoms with van der Waals surface area (Å²) in [4.78, 5) is 4.26. The highest BCUT2D eigenvalue weighted by molar-refractivity contribution is 7.92. The Hall–Kier alpha value is -2.55. The van der Waals surface area contributed by atoms with Crippen LogP contribution >= 0.6 is 0 Å². The van der Waals surface area contributed by atoms with E-state index in [1.807, 2.05) is 0 Å². The van der Waals surface area contributed by atoms with E-state index in [1.54, 1.807) is 44.6 Å². The Morgan fingerprint density at radius 3 is 2.71 bits per heavy atom. The van der Waals surface area contributed by atoms with Gasteiger partial charge in [-0.15, -0.1) is 0 Å². The molecule has 0 radical (unpaired) electrons. The van der Waals surface area contributed by atoms with Crippen LogP contribution in [0.5, 0.6) is 0 Å². The van der Waals surface area contributed by atoms with E-state index in [0.717, 1.165) is 0 Å². The fraction of sp³-hybridized carbons (Fsp3) is 0.167. The number of pyridine rings is 1. The van der Waals surface area contributed by atoms with Gasteiger partial charge in [0.2, 0.25) is 5.03 Å². The summed E-state index contributed by atoms with van der Waals surface area (Å²) in [6.07, 6.45) is 3.17. The van der Waals surface area contributed by atoms with Crippen molar-refractivity contribution in [3.05, 3.63) is 36.7 Å². The maximum absolute atomic E-state index is 12.7. The standard InChI is InChI=1S/C12H14N6O2S/c1-13-11-12(18-8-4-3-5-9(18)15-11)21(19,20)16-10-6-7-14-17(10)2/h3-8,13,16H,1-2H3. The minimum atomic E-state index is -3.80. The second-order valence-electron chi connectivity index (χ2n) is 4.39. The molecule has 3 aromatic heterocycles. The molecule has 9 heteroatoms. The van der Waals surface area contributed by atoms with Gasteiger partial charge in [-0.2, -0.15) is 13.5 Å². The summed E-state index contributed by atoms with van der Waals surface area (Å²) in [6, 6.07) is 6.87. The summed E-state index contributed by atoms with van der Waals surface area (Å²) in [6.45, 7) is 0. The van der Waals surface area contributed by atoms with Crippen LogP contribution in [-0.4, -0.2) is 34.6 Å². The van der Waals surface area contributed by atoms with E-state index in [-0.39, 0.29) is 10.8 Å². The number of hydrogen-bond acceptors (Lipinski definition) is 5. The van der Waals surface area contributed by atoms with E-state index >= 15 is 0 Å². The Balaban J connectivity index is 2.16. The van der Waals surface area contributed by atoms with E-state index in [9.17, 15) is 8.42 Å². The molecule has 3 aromatic rings. The fourth-order valence-corrected chi connectivity index (χ4v) is 3.44. The maximum atomic E-state index is 12.7. The van der Waals surface area contributed by atoms with Crippen LogP contribution in [0, 0.1) is 0 Å². The lowest BCUT2D eigenvalue weighted by Crippen LogP contribution is -2.18. The topological polar surface area (TPSA) is 93.3 Å². The van der Waals surface area contributed by atoms with Crippen LogP contribution in [0.25, 0.3) is 5.65 Å². The Morgan fingerprint density at radius 2 is 2.05 bits per heavy atom. The van der Waals surface area contributed by atoms with Crippen LogP contribution < -0.4 is 10.0 Å². The predicted molar refractivity (Wildman–Crippen MR) is 78.8 cm³/mol. The normalized spacial score (nSPS) is 11.7. The van der Waals surface area contributed by atoms with Gasteiger partial charge in [0.05, 0.1) is 6.20 Å². The first kappa shape index (κ1) is 13.4. The molecule has 110 valence electrons. The highest BCUT2D eigenvalue weighted by atomic mass is 32.2. The van der Waals surface area contributed by atoms with Crippen molar-refractivity contribution in [3.8, 4) is 0 Å². The Bertz CT molecular complexity index is 896. The van der Waals surface area contributed by atoms with Crippen LogP contribution in [0.2, 0.25) is 0 Å². The second-order valence-corrected chi connectivity index (χ2v) is 5.99. The number of nitrogens with zero attached hydrogens (tertiary/aromatic N) is 4. The molecule has 0 atom stereocenters. The van der Waals surface area contributed by atoms with Crippen molar-refractivity contribution in [2.45, 2.75) is 5.03 Å². The van der Waals surface area contributed by atoms with Crippen LogP contribution in [0.3, 0.4) is 0 Å². The lowest BCUT2D eigenvalue weighted by atomic mass is 10.5. The third kappa shape index (κ3) is 2.21. The first-order valence-corrected chi connectivity index (χ1v) is 7.67. The number of sulfonamides is 1. The molecule has 0 bridgehead atoms. The smallest absolute Gasteiger partial charge is 0.282 e. The van der Waals surface area contributed by atoms with Gasteiger partial charge in [0.1, 0.15) is 11.5 Å². The molecule has 0 saturated heterocycles. The van der Waals surface area contributed by atoms with Crippen molar-refractivity contribution in [2.75, 3.05) is 17.1 Å². The first-order chi connectivity index (χ1) is 10.0. The molecule has 2 N–H and O–H groups in total. The van der Waals surface area contributed by atoms with Gasteiger partial charge in [-0.05, 0) is 12.1 Å². The molecule has 0 amide bonds. The van der Waals surface area contributed by atoms with E-state index in [2.05, 4.69) is 20.1 Å². The molecule has 3 rings (SSSR count). The number of hydrogen-bond donors (Lipinski definition) is 2. The summed E-state index contributed by atoms with van der Waals surface area (Å²) >= 11 is 0. The Labute approximate surface area is 121 Å². The number of rotatable bonds is 4. The molecule has 21 heavy (non-hydrogen) atoms. The van der Waals surface area contributed by atoms with Gasteiger partial charge in [-0.25, -0.2) is 4.98 Å². The van der Waals surface area contributed by atoms with E-state index in [1.165, 1.54) is 15.3 Å². The minimum Gasteiger partial charge on any atom is -0.371 e. The summed E-state index contributed by atoms with van der Waals surface area (Å²) < 4.78 is 30.8. The van der Waals surface area contributed by atoms with Gasteiger partial charge in [0.25, 0.3) is 10.0 Å². The van der Waals surface area contributed by atoms with Crippen LogP contribution in [0.15, 0.2) is 41.7 Å². The van der Waals surface area contributed by atoms with Gasteiger partial charge in [-0.1, -0.05) is 6.07 Å². The van der Waals surface area contributed by atoms with E-state index < -0.39 is 10.0 Å². The number of nitrogens with one attached hydrogen (secondary N) is 2. The van der Waals surface area contributed by atoms with Crippen molar-refractivity contribution in [2.24, 2.45) is 7.05 Å². The highest BCUT2D eigenvalue weighted by Gasteiger charge is 2.25. The van der Waals surface area contributed by atoms with Crippen LogP contribution in [-0.2, 0) is 17.1 Å². The van der Waals surface area contributed by atoms with Crippen molar-refractivity contribution < 1.29 is 8.42 Å². The van der Waals surface area contributed by atoms with Gasteiger partial charge in [0.15, 0.2) is 5.82 Å². The molecule has 0 aliphatic carbocycles. The molecule has 3 heterocycles. The third-order valence-electron chi connectivity index (χ3n) is 3.04. The third-order valence-corrected chi connectivity index (χ3v) is 4.41. The first-order valence-electron chi connectivity index (χ1n) is 6.18. The summed E-state index contributed by atoms with van der Waals surface area (Å²) in [5, 5.41) is 6.81. The number of aryl methyl sites for hydroxylation is 1. The van der Waals surface area contributed by atoms with Crippen LogP contribution in [0.4, 0.5) is 11.6 Å². The monoisotopic (exact) mass is 306 g/mol. The van der Waals surface area contributed by atoms with Gasteiger partial charge < -0.3 is 5.32 Å². The molecule has 0 aromatic carbocycles. The zero-order chi connectivity index (χ0) is 15.0. The molecule has 0 spiro atoms.